The molecule has 5 saturated heterocycles. The van der Waals surface area contributed by atoms with Gasteiger partial charge < -0.3 is 73.3 Å². The molecule has 4 atom stereocenters. The smallest absolute Gasteiger partial charge is 0.345 e. The first-order chi connectivity index (χ1) is 58.1. The Kier molecular flexibility index (Phi) is 38.5. The van der Waals surface area contributed by atoms with Crippen molar-refractivity contribution < 1.29 is 56.6 Å². The highest BCUT2D eigenvalue weighted by Gasteiger charge is 2.51. The number of carbonyl (C=O) groups is 2. The number of alkyl halides is 1. The number of aryl methyl sites for hydroxylation is 2. The van der Waals surface area contributed by atoms with Crippen LogP contribution in [0.1, 0.15) is 134 Å². The molecular formula is C89H134FN16O11P3. The van der Waals surface area contributed by atoms with Crippen molar-refractivity contribution in [3.8, 4) is 12.0 Å². The van der Waals surface area contributed by atoms with Crippen LogP contribution in [0.15, 0.2) is 97.1 Å². The molecule has 0 saturated carbocycles. The molecule has 6 aromatic rings. The molecule has 2 aromatic heterocycles. The first kappa shape index (κ1) is 95.9. The molecule has 7 aliphatic heterocycles. The summed E-state index contributed by atoms with van der Waals surface area (Å²) in [5, 5.41) is 13.2. The minimum atomic E-state index is -3.57. The summed E-state index contributed by atoms with van der Waals surface area (Å²) in [4.78, 5) is 73.0. The van der Waals surface area contributed by atoms with Crippen LogP contribution in [-0.4, -0.2) is 270 Å². The van der Waals surface area contributed by atoms with Gasteiger partial charge >= 0.3 is 40.8 Å². The number of hydrogen-bond acceptors (Lipinski definition) is 23. The lowest BCUT2D eigenvalue weighted by atomic mass is 9.96. The number of amides is 1. The summed E-state index contributed by atoms with van der Waals surface area (Å²) < 4.78 is 80.4. The largest absolute Gasteiger partial charge is 0.478 e. The van der Waals surface area contributed by atoms with E-state index in [4.69, 9.17) is 62.0 Å². The van der Waals surface area contributed by atoms with Crippen molar-refractivity contribution in [2.24, 2.45) is 5.92 Å². The summed E-state index contributed by atoms with van der Waals surface area (Å²) in [7, 11) is 0.340. The molecule has 27 nitrogen and oxygen atoms in total. The van der Waals surface area contributed by atoms with Crippen molar-refractivity contribution >= 4 is 79.2 Å². The topological polar surface area (TPSA) is 244 Å². The number of hydrogen-bond donors (Lipinski definition) is 1. The minimum absolute atomic E-state index is 0.0365. The maximum Gasteiger partial charge on any atom is 0.345 e. The molecule has 1 amide bonds. The van der Waals surface area contributed by atoms with Gasteiger partial charge in [0, 0.05) is 122 Å². The molecule has 5 fully saturated rings. The van der Waals surface area contributed by atoms with E-state index in [0.29, 0.717) is 108 Å². The summed E-state index contributed by atoms with van der Waals surface area (Å²) in [6, 6.07) is 27.6. The van der Waals surface area contributed by atoms with Crippen LogP contribution >= 0.6 is 22.8 Å². The number of anilines is 4. The lowest BCUT2D eigenvalue weighted by Crippen LogP contribution is -2.56. The average Bonchev–Trinajstić information content (AvgIpc) is 1.67. The minimum Gasteiger partial charge on any atom is -0.478 e. The van der Waals surface area contributed by atoms with Gasteiger partial charge in [0.1, 0.15) is 30.9 Å². The highest BCUT2D eigenvalue weighted by atomic mass is 31.3. The third-order valence-electron chi connectivity index (χ3n) is 22.6. The average molecular weight is 1720 g/mol. The number of likely N-dealkylation sites (N-methyl/N-ethyl adjacent to an activating group) is 4. The molecule has 0 unspecified atom stereocenters. The number of ether oxygens (including phenoxy) is 2. The normalized spacial score (nSPS) is 22.5. The molecule has 9 heterocycles. The number of carboxylic acid groups (broad SMARTS) is 1. The Balaban J connectivity index is 0.000000215. The summed E-state index contributed by atoms with van der Waals surface area (Å²) in [6.07, 6.45) is 16.8. The van der Waals surface area contributed by atoms with Crippen molar-refractivity contribution in [2.45, 2.75) is 157 Å². The van der Waals surface area contributed by atoms with Crippen molar-refractivity contribution in [3.05, 3.63) is 154 Å². The van der Waals surface area contributed by atoms with Gasteiger partial charge in [-0.1, -0.05) is 114 Å². The number of likely N-dealkylation sites (tertiary alicyclic amines) is 2. The summed E-state index contributed by atoms with van der Waals surface area (Å²) in [6.45, 7) is 47.3. The molecule has 0 aliphatic carbocycles. The lowest BCUT2D eigenvalue weighted by Gasteiger charge is -2.41. The van der Waals surface area contributed by atoms with E-state index in [2.05, 4.69) is 165 Å². The van der Waals surface area contributed by atoms with Crippen LogP contribution in [0.2, 0.25) is 0 Å². The van der Waals surface area contributed by atoms with Gasteiger partial charge in [-0.25, -0.2) is 30.9 Å². The molecule has 120 heavy (non-hydrogen) atoms. The van der Waals surface area contributed by atoms with E-state index in [1.54, 1.807) is 32.9 Å². The van der Waals surface area contributed by atoms with E-state index in [1.807, 2.05) is 49.0 Å². The molecular weight excluding hydrogens is 1580 g/mol. The quantitative estimate of drug-likeness (QED) is 0.0286. The highest BCUT2D eigenvalue weighted by Crippen LogP contribution is 2.82. The van der Waals surface area contributed by atoms with Gasteiger partial charge in [0.15, 0.2) is 0 Å². The van der Waals surface area contributed by atoms with Crippen LogP contribution in [0.4, 0.5) is 27.4 Å². The maximum absolute atomic E-state index is 13.2. The van der Waals surface area contributed by atoms with Gasteiger partial charge in [-0.15, -0.1) is 0 Å². The Bertz CT molecular complexity index is 4530. The third-order valence-corrected chi connectivity index (χ3v) is 31.6. The molecule has 7 aliphatic rings. The number of piperidine rings is 1. The molecule has 0 radical (unpaired) electrons. The number of nitrogens with zero attached hydrogens (tertiary/aromatic N) is 16. The molecule has 31 heteroatoms. The van der Waals surface area contributed by atoms with Gasteiger partial charge in [0.25, 0.3) is 0 Å². The summed E-state index contributed by atoms with van der Waals surface area (Å²) >= 11 is 0. The van der Waals surface area contributed by atoms with E-state index < -0.39 is 35.9 Å². The zero-order valence-electron chi connectivity index (χ0n) is 74.7. The number of carboxylic acids is 1. The Hall–Kier alpha value is -7.94. The monoisotopic (exact) mass is 1720 g/mol. The van der Waals surface area contributed by atoms with Crippen LogP contribution in [0.25, 0.3) is 31.2 Å². The fourth-order valence-corrected chi connectivity index (χ4v) is 25.7. The van der Waals surface area contributed by atoms with Gasteiger partial charge in [-0.05, 0) is 194 Å². The summed E-state index contributed by atoms with van der Waals surface area (Å²) in [5.74, 6) is 1.40. The predicted octanol–water partition coefficient (Wildman–Crippen LogP) is 16.1. The first-order valence-corrected chi connectivity index (χ1v) is 48.0. The zero-order valence-corrected chi connectivity index (χ0v) is 76.4. The number of piperazine rings is 1. The van der Waals surface area contributed by atoms with Crippen LogP contribution in [0.5, 0.6) is 12.0 Å². The number of aliphatic carboxylic acids is 1. The number of rotatable bonds is 27. The van der Waals surface area contributed by atoms with Crippen molar-refractivity contribution in [2.75, 3.05) is 205 Å². The number of aromatic nitrogens is 4. The Morgan fingerprint density at radius 3 is 1.39 bits per heavy atom. The zero-order chi connectivity index (χ0) is 87.8. The molecule has 13 rings (SSSR count). The second kappa shape index (κ2) is 48.2. The molecule has 658 valence electrons. The molecule has 4 aromatic carbocycles. The van der Waals surface area contributed by atoms with E-state index in [9.17, 15) is 27.7 Å². The Morgan fingerprint density at radius 1 is 0.575 bits per heavy atom. The number of fused-ring (bicyclic) bond motifs is 4. The maximum atomic E-state index is 13.2. The first-order valence-electron chi connectivity index (χ1n) is 43.6. The molecule has 0 bridgehead atoms. The number of benzene rings is 4. The van der Waals surface area contributed by atoms with Gasteiger partial charge in [0.05, 0.1) is 51.5 Å². The predicted molar refractivity (Wildman–Crippen MR) is 484 cm³/mol. The van der Waals surface area contributed by atoms with Gasteiger partial charge in [0.2, 0.25) is 19.0 Å². The van der Waals surface area contributed by atoms with Crippen LogP contribution in [0, 0.1) is 32.9 Å². The third kappa shape index (κ3) is 27.8. The highest BCUT2D eigenvalue weighted by molar-refractivity contribution is 7.80. The molecule has 0 spiro atoms. The van der Waals surface area contributed by atoms with E-state index in [-0.39, 0.29) is 37.0 Å². The Morgan fingerprint density at radius 2 is 1.00 bits per heavy atom. The van der Waals surface area contributed by atoms with Crippen molar-refractivity contribution in [1.82, 2.24) is 49.3 Å². The van der Waals surface area contributed by atoms with E-state index in [0.717, 1.165) is 119 Å². The number of carbonyl (C=O) groups excluding carboxylic acids is 1. The second-order valence-electron chi connectivity index (χ2n) is 32.2. The standard InChI is InChI=1S/C36H46N8O2.C31H38N6O.C9H21O6P3.C6H11NO2.C6H15N.CH3F/c1-26-10-6-11-27-12-7-14-32(34(26)27)42-19-16-30-31(24-42)38-36(46-25-28-13-8-18-41(28)5)39-35(30)43-20-21-44(29(23-43)22-37-2)33(45)15-9-17-40(3)4;1-22-8-4-10-24-11-5-13-28(29(22)24)36-17-14-26-27(20-36)33-31(38-21-25-12-7-15-35(25)3)34-30(26)37-16-6-9-23(19-37)18-32-2;1-4-7-16(10)13-17(11,8-5-2)15-18(12,14-16)9-6-3;1-7(2)5-3-4-6(8)9;1-4-7(5-2)6-3;1-2/h6-7,9-12,14-15,28-29H,8,13,16-25H2,1,3-5H3;4-5,8,10-11,13,23,25H,6-7,9,12,14-21H2,1,3H3;4-9H2,1-3H3;3-4H,5H2,1-2H3,(H,8,9);4-6H2,1-3H3;1H3/b15-9+;;;4-3+;;/t28-,29-;23-,25-;;;;/m00..../s1/i;;;;;1D. The fraction of sp³-hybridized carbons (Fsp3) is 0.596. The van der Waals surface area contributed by atoms with Crippen molar-refractivity contribution in [1.29, 1.82) is 0 Å². The van der Waals surface area contributed by atoms with Gasteiger partial charge in [-0.3, -0.25) is 22.9 Å². The summed E-state index contributed by atoms with van der Waals surface area (Å²) in [5.41, 5.74) is 9.53. The molecule has 1 N–H and O–H groups in total. The van der Waals surface area contributed by atoms with Crippen LogP contribution in [0.3, 0.4) is 0 Å². The lowest BCUT2D eigenvalue weighted by molar-refractivity contribution is -0.131. The second-order valence-corrected chi connectivity index (χ2v) is 39.2. The van der Waals surface area contributed by atoms with E-state index >= 15 is 0 Å². The number of halogens is 1. The van der Waals surface area contributed by atoms with Crippen LogP contribution < -0.4 is 29.1 Å². The fourth-order valence-electron chi connectivity index (χ4n) is 16.4. The SMILES string of the molecule is CCCP1(=O)OP(=O)(CCC)OP(=O)(CCC)O1.CCN(CC)CC.CN(C)C/C=C/C(=O)O.[2H]CF.[C-]#[N+]C[C@@H]1CCCN(c2nc(OC[C@@H]3CCCN3C)nc3c2CCN(c2cccc4cccc(C)c24)C3)C1.[C-]#[N+]C[C@H]1CN(c2nc(OC[C@@H]3CCCN3C)nc3c2CCN(c2cccc4cccc(C)c24)C3)CCN1C(=O)/C=C/CN(C)C. The van der Waals surface area contributed by atoms with Gasteiger partial charge in [-0.2, -0.15) is 19.9 Å². The Labute approximate surface area is 715 Å². The van der Waals surface area contributed by atoms with Crippen LogP contribution in [-0.2, 0) is 62.1 Å². The van der Waals surface area contributed by atoms with Crippen molar-refractivity contribution in [3.63, 3.8) is 0 Å². The van der Waals surface area contributed by atoms with E-state index in [1.165, 1.54) is 82.1 Å².